The van der Waals surface area contributed by atoms with Crippen LogP contribution in [0.5, 0.6) is 0 Å². The van der Waals surface area contributed by atoms with Crippen molar-refractivity contribution in [2.24, 2.45) is 0 Å². The molecule has 0 fully saturated rings. The van der Waals surface area contributed by atoms with Gasteiger partial charge < -0.3 is 10.5 Å². The van der Waals surface area contributed by atoms with Crippen molar-refractivity contribution >= 4 is 54.3 Å². The van der Waals surface area contributed by atoms with Crippen LogP contribution in [0.4, 0.5) is 5.69 Å². The highest BCUT2D eigenvalue weighted by molar-refractivity contribution is 7.90. The summed E-state index contributed by atoms with van der Waals surface area (Å²) in [6, 6.07) is 20.8. The maximum absolute atomic E-state index is 13.9. The molecule has 0 spiro atoms. The van der Waals surface area contributed by atoms with E-state index in [1.807, 2.05) is 19.1 Å². The Morgan fingerprint density at radius 2 is 1.66 bits per heavy atom. The van der Waals surface area contributed by atoms with Gasteiger partial charge in [-0.05, 0) is 48.7 Å². The predicted molar refractivity (Wildman–Crippen MR) is 126 cm³/mol. The second kappa shape index (κ2) is 7.10. The van der Waals surface area contributed by atoms with Crippen LogP contribution in [-0.4, -0.2) is 25.5 Å². The summed E-state index contributed by atoms with van der Waals surface area (Å²) in [5.41, 5.74) is 9.14. The molecule has 4 aromatic carbocycles. The number of ether oxygens (including phenoxy) is 1. The van der Waals surface area contributed by atoms with Crippen LogP contribution >= 0.6 is 0 Å². The Morgan fingerprint density at radius 3 is 2.38 bits per heavy atom. The molecule has 5 aromatic rings. The molecule has 0 atom stereocenters. The number of nitrogens with two attached hydrogens (primary N) is 1. The Hall–Kier alpha value is -3.84. The summed E-state index contributed by atoms with van der Waals surface area (Å²) in [6.45, 7) is 1.90. The van der Waals surface area contributed by atoms with Crippen LogP contribution in [0.1, 0.15) is 15.9 Å². The minimum atomic E-state index is -3.97. The SMILES string of the molecule is COC(=O)c1ccc2cc(N)c3c4ccccc4n(S(=O)(=O)c4ccc(C)cc4)c3c2c1. The number of hydrogen-bond donors (Lipinski definition) is 1. The molecular weight excluding hydrogens is 424 g/mol. The van der Waals surface area contributed by atoms with Gasteiger partial charge in [-0.15, -0.1) is 0 Å². The molecule has 0 radical (unpaired) electrons. The number of anilines is 1. The van der Waals surface area contributed by atoms with Gasteiger partial charge in [0.05, 0.1) is 28.6 Å². The third-order valence-electron chi connectivity index (χ3n) is 5.72. The lowest BCUT2D eigenvalue weighted by Crippen LogP contribution is -2.13. The lowest BCUT2D eigenvalue weighted by atomic mass is 10.0. The van der Waals surface area contributed by atoms with E-state index in [0.717, 1.165) is 16.3 Å². The summed E-state index contributed by atoms with van der Waals surface area (Å²) in [6.07, 6.45) is 0. The van der Waals surface area contributed by atoms with Gasteiger partial charge in [0.1, 0.15) is 0 Å². The minimum Gasteiger partial charge on any atom is -0.465 e. The normalized spacial score (nSPS) is 11.9. The van der Waals surface area contributed by atoms with E-state index < -0.39 is 16.0 Å². The first-order valence-corrected chi connectivity index (χ1v) is 11.4. The van der Waals surface area contributed by atoms with Crippen molar-refractivity contribution in [3.8, 4) is 0 Å². The van der Waals surface area contributed by atoms with Gasteiger partial charge >= 0.3 is 5.97 Å². The first-order valence-electron chi connectivity index (χ1n) is 9.99. The van der Waals surface area contributed by atoms with E-state index in [1.165, 1.54) is 11.1 Å². The fourth-order valence-electron chi connectivity index (χ4n) is 4.19. The Morgan fingerprint density at radius 1 is 0.938 bits per heavy atom. The summed E-state index contributed by atoms with van der Waals surface area (Å²) < 4.78 is 34.0. The van der Waals surface area contributed by atoms with E-state index in [2.05, 4.69) is 0 Å². The van der Waals surface area contributed by atoms with Crippen molar-refractivity contribution < 1.29 is 17.9 Å². The number of nitrogens with zero attached hydrogens (tertiary/aromatic N) is 1. The van der Waals surface area contributed by atoms with Crippen LogP contribution in [-0.2, 0) is 14.8 Å². The lowest BCUT2D eigenvalue weighted by molar-refractivity contribution is 0.0601. The van der Waals surface area contributed by atoms with Gasteiger partial charge in [-0.2, -0.15) is 0 Å². The Balaban J connectivity index is 2.01. The van der Waals surface area contributed by atoms with Gasteiger partial charge in [-0.1, -0.05) is 42.0 Å². The number of hydrogen-bond acceptors (Lipinski definition) is 5. The summed E-state index contributed by atoms with van der Waals surface area (Å²) in [5, 5.41) is 2.68. The van der Waals surface area contributed by atoms with Gasteiger partial charge in [-0.25, -0.2) is 17.2 Å². The van der Waals surface area contributed by atoms with Gasteiger partial charge in [0.15, 0.2) is 0 Å². The number of aromatic nitrogens is 1. The molecular formula is C25H20N2O4S. The maximum atomic E-state index is 13.9. The van der Waals surface area contributed by atoms with Crippen LogP contribution in [0.2, 0.25) is 0 Å². The van der Waals surface area contributed by atoms with E-state index in [0.29, 0.717) is 33.1 Å². The maximum Gasteiger partial charge on any atom is 0.337 e. The predicted octanol–water partition coefficient (Wildman–Crippen LogP) is 4.86. The molecule has 0 aliphatic rings. The highest BCUT2D eigenvalue weighted by atomic mass is 32.2. The number of methoxy groups -OCH3 is 1. The Labute approximate surface area is 184 Å². The standard InChI is InChI=1S/C25H20N2O4S/c1-15-7-11-18(12-8-15)32(29,30)27-22-6-4-3-5-19(22)23-21(26)14-16-9-10-17(25(28)31-2)13-20(16)24(23)27/h3-14H,26H2,1-2H3. The average molecular weight is 445 g/mol. The van der Waals surface area contributed by atoms with E-state index in [4.69, 9.17) is 10.5 Å². The summed E-state index contributed by atoms with van der Waals surface area (Å²) in [4.78, 5) is 12.4. The summed E-state index contributed by atoms with van der Waals surface area (Å²) in [7, 11) is -2.66. The molecule has 0 aliphatic heterocycles. The monoisotopic (exact) mass is 444 g/mol. The zero-order valence-corrected chi connectivity index (χ0v) is 18.3. The van der Waals surface area contributed by atoms with Crippen LogP contribution < -0.4 is 5.73 Å². The second-order valence-corrected chi connectivity index (χ2v) is 9.50. The smallest absolute Gasteiger partial charge is 0.337 e. The van der Waals surface area contributed by atoms with Gasteiger partial charge in [0, 0.05) is 21.8 Å². The van der Waals surface area contributed by atoms with Crippen molar-refractivity contribution in [1.29, 1.82) is 0 Å². The van der Waals surface area contributed by atoms with Crippen molar-refractivity contribution in [3.63, 3.8) is 0 Å². The molecule has 0 aliphatic carbocycles. The zero-order valence-electron chi connectivity index (χ0n) is 17.5. The minimum absolute atomic E-state index is 0.172. The average Bonchev–Trinajstić information content (AvgIpc) is 3.15. The Bertz CT molecular complexity index is 1650. The molecule has 0 unspecified atom stereocenters. The topological polar surface area (TPSA) is 91.4 Å². The summed E-state index contributed by atoms with van der Waals surface area (Å²) >= 11 is 0. The molecule has 160 valence electrons. The van der Waals surface area contributed by atoms with Gasteiger partial charge in [-0.3, -0.25) is 0 Å². The highest BCUT2D eigenvalue weighted by Gasteiger charge is 2.26. The first kappa shape index (κ1) is 20.1. The number of benzene rings is 4. The van der Waals surface area contributed by atoms with Crippen LogP contribution in [0.25, 0.3) is 32.6 Å². The van der Waals surface area contributed by atoms with Crippen molar-refractivity contribution in [2.75, 3.05) is 12.8 Å². The van der Waals surface area contributed by atoms with Gasteiger partial charge in [0.25, 0.3) is 10.0 Å². The molecule has 0 bridgehead atoms. The third-order valence-corrected chi connectivity index (χ3v) is 7.45. The molecule has 2 N–H and O–H groups in total. The molecule has 1 aromatic heterocycles. The Kier molecular flexibility index (Phi) is 4.46. The number of carbonyl (C=O) groups excluding carboxylic acids is 1. The molecule has 7 heteroatoms. The van der Waals surface area contributed by atoms with Crippen molar-refractivity contribution in [2.45, 2.75) is 11.8 Å². The van der Waals surface area contributed by atoms with Crippen LogP contribution in [0, 0.1) is 6.92 Å². The lowest BCUT2D eigenvalue weighted by Gasteiger charge is -2.12. The highest BCUT2D eigenvalue weighted by Crippen LogP contribution is 2.40. The van der Waals surface area contributed by atoms with E-state index >= 15 is 0 Å². The number of aryl methyl sites for hydroxylation is 1. The van der Waals surface area contributed by atoms with Crippen molar-refractivity contribution in [3.05, 3.63) is 83.9 Å². The first-order chi connectivity index (χ1) is 15.3. The number of nitrogen functional groups attached to an aromatic ring is 1. The number of carbonyl (C=O) groups is 1. The second-order valence-electron chi connectivity index (χ2n) is 7.72. The number of para-hydroxylation sites is 1. The molecule has 0 saturated heterocycles. The largest absolute Gasteiger partial charge is 0.465 e. The number of rotatable bonds is 3. The molecule has 6 nitrogen and oxygen atoms in total. The fraction of sp³-hybridized carbons (Fsp3) is 0.0800. The van der Waals surface area contributed by atoms with Crippen molar-refractivity contribution in [1.82, 2.24) is 3.97 Å². The third kappa shape index (κ3) is 2.85. The fourth-order valence-corrected chi connectivity index (χ4v) is 5.72. The quantitative estimate of drug-likeness (QED) is 0.317. The van der Waals surface area contributed by atoms with E-state index in [9.17, 15) is 13.2 Å². The number of fused-ring (bicyclic) bond motifs is 5. The van der Waals surface area contributed by atoms with E-state index in [-0.39, 0.29) is 4.90 Å². The molecule has 0 saturated carbocycles. The van der Waals surface area contributed by atoms with Crippen LogP contribution in [0.3, 0.4) is 0 Å². The molecule has 32 heavy (non-hydrogen) atoms. The summed E-state index contributed by atoms with van der Waals surface area (Å²) in [5.74, 6) is -0.499. The molecule has 5 rings (SSSR count). The molecule has 0 amide bonds. The van der Waals surface area contributed by atoms with Crippen LogP contribution in [0.15, 0.2) is 77.7 Å². The number of esters is 1. The zero-order chi connectivity index (χ0) is 22.6. The van der Waals surface area contributed by atoms with E-state index in [1.54, 1.807) is 60.7 Å². The van der Waals surface area contributed by atoms with Gasteiger partial charge in [0.2, 0.25) is 0 Å². The molecule has 1 heterocycles.